The molecule has 0 bridgehead atoms. The quantitative estimate of drug-likeness (QED) is 0.197. The smallest absolute Gasteiger partial charge is 0.246 e. The van der Waals surface area contributed by atoms with Crippen molar-refractivity contribution in [1.82, 2.24) is 9.97 Å². The molecule has 2 aliphatic carbocycles. The molecule has 0 spiro atoms. The highest BCUT2D eigenvalue weighted by Crippen LogP contribution is 2.53. The van der Waals surface area contributed by atoms with E-state index in [0.29, 0.717) is 5.71 Å². The van der Waals surface area contributed by atoms with E-state index >= 15 is 0 Å². The maximum absolute atomic E-state index is 6.40. The summed E-state index contributed by atoms with van der Waals surface area (Å²) in [6.07, 6.45) is 1.88. The third-order valence-corrected chi connectivity index (χ3v) is 10.7. The van der Waals surface area contributed by atoms with Gasteiger partial charge in [0.25, 0.3) is 0 Å². The molecule has 10 rings (SSSR count). The number of benzene rings is 6. The Kier molecular flexibility index (Phi) is 5.52. The van der Waals surface area contributed by atoms with Crippen LogP contribution < -0.4 is 0 Å². The zero-order chi connectivity index (χ0) is 31.3. The van der Waals surface area contributed by atoms with Gasteiger partial charge in [0.05, 0.1) is 11.4 Å². The summed E-state index contributed by atoms with van der Waals surface area (Å²) in [6.45, 7) is 4.67. The number of para-hydroxylation sites is 1. The summed E-state index contributed by atoms with van der Waals surface area (Å²) in [5, 5.41) is 3.56. The Morgan fingerprint density at radius 2 is 1.34 bits per heavy atom. The van der Waals surface area contributed by atoms with Crippen LogP contribution in [0, 0.1) is 0 Å². The van der Waals surface area contributed by atoms with Gasteiger partial charge in [0.2, 0.25) is 5.71 Å². The number of hydrogen-bond acceptors (Lipinski definition) is 3. The van der Waals surface area contributed by atoms with E-state index in [0.717, 1.165) is 46.3 Å². The van der Waals surface area contributed by atoms with Gasteiger partial charge in [-0.2, -0.15) is 0 Å². The summed E-state index contributed by atoms with van der Waals surface area (Å²) in [4.78, 5) is 11.0. The van der Waals surface area contributed by atoms with Crippen LogP contribution in [0.5, 0.6) is 0 Å². The van der Waals surface area contributed by atoms with Gasteiger partial charge in [-0.15, -0.1) is 0 Å². The first-order chi connectivity index (χ1) is 23.1. The fourth-order valence-corrected chi connectivity index (χ4v) is 8.46. The van der Waals surface area contributed by atoms with Crippen molar-refractivity contribution in [2.75, 3.05) is 0 Å². The molecule has 47 heavy (non-hydrogen) atoms. The molecule has 0 saturated heterocycles. The SMILES string of the molecule is CC1(C)c2ccccc2-c2c(-c3nc4oc5ccccc5c4nc3C3CCc4cc5ccccc5cc4-c4ccccc43)cccc21. The second-order valence-corrected chi connectivity index (χ2v) is 13.6. The molecular formula is C44H32N2O. The van der Waals surface area contributed by atoms with E-state index in [9.17, 15) is 0 Å². The topological polar surface area (TPSA) is 38.9 Å². The lowest BCUT2D eigenvalue weighted by atomic mass is 9.81. The molecule has 2 heterocycles. The van der Waals surface area contributed by atoms with Crippen LogP contribution in [0.2, 0.25) is 0 Å². The number of furan rings is 1. The van der Waals surface area contributed by atoms with Crippen LogP contribution in [-0.4, -0.2) is 9.97 Å². The summed E-state index contributed by atoms with van der Waals surface area (Å²) in [6, 6.07) is 46.2. The van der Waals surface area contributed by atoms with E-state index in [-0.39, 0.29) is 11.3 Å². The predicted octanol–water partition coefficient (Wildman–Crippen LogP) is 11.2. The minimum atomic E-state index is -0.114. The lowest BCUT2D eigenvalue weighted by molar-refractivity contribution is 0.649. The standard InChI is InChI=1S/C44H32N2O/c1-44(2)36-19-9-7-16-32(36)39-34(18-11-20-37(39)44)41-40(45-42-33-17-8-10-21-38(33)47-43(42)46-41)31-23-22-28-24-26-12-3-4-13-27(26)25-35(28)30-15-6-5-14-29(30)31/h3-21,24-25,31H,22-23H2,1-2H3. The average molecular weight is 605 g/mol. The highest BCUT2D eigenvalue weighted by molar-refractivity contribution is 6.02. The van der Waals surface area contributed by atoms with E-state index in [1.165, 1.54) is 55.3 Å². The summed E-state index contributed by atoms with van der Waals surface area (Å²) in [5.74, 6) is 0.0442. The van der Waals surface area contributed by atoms with Gasteiger partial charge >= 0.3 is 0 Å². The molecule has 0 radical (unpaired) electrons. The van der Waals surface area contributed by atoms with Crippen molar-refractivity contribution in [2.24, 2.45) is 0 Å². The highest BCUT2D eigenvalue weighted by atomic mass is 16.3. The van der Waals surface area contributed by atoms with Crippen LogP contribution in [-0.2, 0) is 11.8 Å². The normalized spacial score (nSPS) is 16.1. The van der Waals surface area contributed by atoms with Crippen molar-refractivity contribution >= 4 is 33.0 Å². The van der Waals surface area contributed by atoms with Crippen LogP contribution in [0.1, 0.15) is 54.1 Å². The molecule has 0 aliphatic heterocycles. The Hall–Kier alpha value is -5.54. The molecule has 1 atom stereocenters. The number of fused-ring (bicyclic) bond motifs is 10. The predicted molar refractivity (Wildman–Crippen MR) is 192 cm³/mol. The number of rotatable bonds is 2. The zero-order valence-electron chi connectivity index (χ0n) is 26.4. The minimum Gasteiger partial charge on any atom is -0.436 e. The average Bonchev–Trinajstić information content (AvgIpc) is 3.53. The number of aryl methyl sites for hydroxylation is 1. The second-order valence-electron chi connectivity index (χ2n) is 13.6. The van der Waals surface area contributed by atoms with Crippen LogP contribution in [0.25, 0.3) is 66.5 Å². The summed E-state index contributed by atoms with van der Waals surface area (Å²) >= 11 is 0. The van der Waals surface area contributed by atoms with E-state index in [1.807, 2.05) is 12.1 Å². The first kappa shape index (κ1) is 26.7. The lowest BCUT2D eigenvalue weighted by Crippen LogP contribution is -2.15. The lowest BCUT2D eigenvalue weighted by Gasteiger charge is -2.23. The molecule has 6 aromatic carbocycles. The maximum Gasteiger partial charge on any atom is 0.246 e. The fraction of sp³-hybridized carbons (Fsp3) is 0.136. The molecule has 2 aliphatic rings. The van der Waals surface area contributed by atoms with Gasteiger partial charge in [0.15, 0.2) is 0 Å². The van der Waals surface area contributed by atoms with E-state index in [4.69, 9.17) is 14.4 Å². The molecule has 3 nitrogen and oxygen atoms in total. The van der Waals surface area contributed by atoms with E-state index in [2.05, 4.69) is 129 Å². The summed E-state index contributed by atoms with van der Waals surface area (Å²) in [5.41, 5.74) is 15.7. The monoisotopic (exact) mass is 604 g/mol. The molecule has 0 fully saturated rings. The Balaban J connectivity index is 1.27. The first-order valence-corrected chi connectivity index (χ1v) is 16.6. The molecule has 0 saturated carbocycles. The molecule has 224 valence electrons. The molecular weight excluding hydrogens is 572 g/mol. The molecule has 2 aromatic heterocycles. The van der Waals surface area contributed by atoms with E-state index in [1.54, 1.807) is 0 Å². The molecule has 3 heteroatoms. The van der Waals surface area contributed by atoms with Gasteiger partial charge in [-0.3, -0.25) is 0 Å². The largest absolute Gasteiger partial charge is 0.436 e. The van der Waals surface area contributed by atoms with Gasteiger partial charge in [0.1, 0.15) is 11.1 Å². The van der Waals surface area contributed by atoms with Gasteiger partial charge in [0, 0.05) is 22.3 Å². The Labute approximate surface area is 273 Å². The van der Waals surface area contributed by atoms with E-state index < -0.39 is 0 Å². The third-order valence-electron chi connectivity index (χ3n) is 10.7. The summed E-state index contributed by atoms with van der Waals surface area (Å²) < 4.78 is 6.40. The van der Waals surface area contributed by atoms with Crippen molar-refractivity contribution in [2.45, 2.75) is 38.0 Å². The zero-order valence-corrected chi connectivity index (χ0v) is 26.4. The van der Waals surface area contributed by atoms with Crippen molar-refractivity contribution in [1.29, 1.82) is 0 Å². The Bertz CT molecular complexity index is 2570. The van der Waals surface area contributed by atoms with Crippen molar-refractivity contribution < 1.29 is 4.42 Å². The maximum atomic E-state index is 6.40. The molecule has 1 unspecified atom stereocenters. The van der Waals surface area contributed by atoms with Gasteiger partial charge in [-0.05, 0) is 86.3 Å². The van der Waals surface area contributed by atoms with Gasteiger partial charge in [-0.1, -0.05) is 123 Å². The van der Waals surface area contributed by atoms with Crippen molar-refractivity contribution in [3.05, 3.63) is 155 Å². The van der Waals surface area contributed by atoms with Crippen molar-refractivity contribution in [3.8, 4) is 33.5 Å². The molecule has 0 amide bonds. The number of aromatic nitrogens is 2. The summed E-state index contributed by atoms with van der Waals surface area (Å²) in [7, 11) is 0. The minimum absolute atomic E-state index is 0.0442. The van der Waals surface area contributed by atoms with Gasteiger partial charge in [-0.25, -0.2) is 9.97 Å². The molecule has 8 aromatic rings. The Morgan fingerprint density at radius 3 is 2.23 bits per heavy atom. The molecule has 0 N–H and O–H groups in total. The van der Waals surface area contributed by atoms with Gasteiger partial charge < -0.3 is 4.42 Å². The van der Waals surface area contributed by atoms with Crippen LogP contribution in [0.15, 0.2) is 132 Å². The van der Waals surface area contributed by atoms with Crippen molar-refractivity contribution in [3.63, 3.8) is 0 Å². The Morgan fingerprint density at radius 1 is 0.638 bits per heavy atom. The van der Waals surface area contributed by atoms with Crippen LogP contribution >= 0.6 is 0 Å². The highest BCUT2D eigenvalue weighted by Gasteiger charge is 2.38. The van der Waals surface area contributed by atoms with Crippen LogP contribution in [0.4, 0.5) is 0 Å². The van der Waals surface area contributed by atoms with Crippen LogP contribution in [0.3, 0.4) is 0 Å². The first-order valence-electron chi connectivity index (χ1n) is 16.6. The number of hydrogen-bond donors (Lipinski definition) is 0. The second kappa shape index (κ2) is 9.73. The fourth-order valence-electron chi connectivity index (χ4n) is 8.46. The third kappa shape index (κ3) is 3.80. The number of nitrogens with zero attached hydrogens (tertiary/aromatic N) is 2.